The molecule has 0 radical (unpaired) electrons. The number of rotatable bonds is 6. The summed E-state index contributed by atoms with van der Waals surface area (Å²) >= 11 is 6.03. The van der Waals surface area contributed by atoms with E-state index in [2.05, 4.69) is 17.4 Å². The first-order valence-electron chi connectivity index (χ1n) is 6.34. The van der Waals surface area contributed by atoms with E-state index in [-0.39, 0.29) is 5.69 Å². The van der Waals surface area contributed by atoms with Crippen molar-refractivity contribution in [3.63, 3.8) is 0 Å². The fraction of sp³-hybridized carbons (Fsp3) is 0.200. The largest absolute Gasteiger partial charge is 0.312 e. The van der Waals surface area contributed by atoms with Crippen molar-refractivity contribution in [2.75, 3.05) is 6.54 Å². The summed E-state index contributed by atoms with van der Waals surface area (Å²) in [4.78, 5) is 10.3. The van der Waals surface area contributed by atoms with E-state index in [1.807, 2.05) is 18.2 Å². The van der Waals surface area contributed by atoms with Crippen molar-refractivity contribution in [3.05, 3.63) is 74.8 Å². The van der Waals surface area contributed by atoms with Crippen LogP contribution in [0.25, 0.3) is 0 Å². The fourth-order valence-electron chi connectivity index (χ4n) is 1.91. The molecule has 0 fully saturated rings. The smallest absolute Gasteiger partial charge is 0.269 e. The van der Waals surface area contributed by atoms with Crippen LogP contribution in [-0.2, 0) is 13.0 Å². The molecule has 4 nitrogen and oxygen atoms in total. The van der Waals surface area contributed by atoms with E-state index >= 15 is 0 Å². The van der Waals surface area contributed by atoms with Gasteiger partial charge in [-0.05, 0) is 30.2 Å². The van der Waals surface area contributed by atoms with E-state index in [0.717, 1.165) is 18.5 Å². The van der Waals surface area contributed by atoms with E-state index in [0.29, 0.717) is 11.6 Å². The van der Waals surface area contributed by atoms with Gasteiger partial charge in [0.25, 0.3) is 5.69 Å². The second-order valence-corrected chi connectivity index (χ2v) is 4.85. The second-order valence-electron chi connectivity index (χ2n) is 4.45. The molecular weight excluding hydrogens is 276 g/mol. The molecule has 0 aliphatic rings. The lowest BCUT2D eigenvalue weighted by Crippen LogP contribution is -2.17. The Morgan fingerprint density at radius 1 is 1.15 bits per heavy atom. The topological polar surface area (TPSA) is 55.2 Å². The maximum Gasteiger partial charge on any atom is 0.269 e. The van der Waals surface area contributed by atoms with Crippen LogP contribution in [-0.4, -0.2) is 11.5 Å². The molecule has 0 aliphatic carbocycles. The Balaban J connectivity index is 1.88. The molecule has 0 unspecified atom stereocenters. The highest BCUT2D eigenvalue weighted by Crippen LogP contribution is 2.21. The Morgan fingerprint density at radius 2 is 1.90 bits per heavy atom. The number of nitro benzene ring substituents is 1. The van der Waals surface area contributed by atoms with Gasteiger partial charge in [-0.25, -0.2) is 0 Å². The summed E-state index contributed by atoms with van der Waals surface area (Å²) in [5, 5.41) is 14.5. The van der Waals surface area contributed by atoms with Crippen molar-refractivity contribution in [2.45, 2.75) is 13.0 Å². The molecule has 0 spiro atoms. The molecule has 2 aromatic carbocycles. The van der Waals surface area contributed by atoms with Crippen LogP contribution in [0.4, 0.5) is 5.69 Å². The van der Waals surface area contributed by atoms with Gasteiger partial charge in [0, 0.05) is 23.7 Å². The maximum atomic E-state index is 10.7. The monoisotopic (exact) mass is 290 g/mol. The lowest BCUT2D eigenvalue weighted by Gasteiger charge is -2.07. The van der Waals surface area contributed by atoms with Crippen LogP contribution in [0, 0.1) is 10.1 Å². The Bertz CT molecular complexity index is 588. The van der Waals surface area contributed by atoms with Crippen molar-refractivity contribution in [1.82, 2.24) is 5.32 Å². The van der Waals surface area contributed by atoms with Gasteiger partial charge < -0.3 is 5.32 Å². The lowest BCUT2D eigenvalue weighted by molar-refractivity contribution is -0.384. The van der Waals surface area contributed by atoms with Gasteiger partial charge in [-0.15, -0.1) is 0 Å². The van der Waals surface area contributed by atoms with Crippen LogP contribution in [0.3, 0.4) is 0 Å². The van der Waals surface area contributed by atoms with Gasteiger partial charge in [-0.1, -0.05) is 41.9 Å². The molecule has 5 heteroatoms. The number of nitro groups is 1. The summed E-state index contributed by atoms with van der Waals surface area (Å²) < 4.78 is 0. The zero-order valence-electron chi connectivity index (χ0n) is 10.9. The fourth-order valence-corrected chi connectivity index (χ4v) is 2.10. The normalized spacial score (nSPS) is 10.4. The van der Waals surface area contributed by atoms with Crippen LogP contribution < -0.4 is 5.32 Å². The number of halogens is 1. The van der Waals surface area contributed by atoms with Gasteiger partial charge in [-0.3, -0.25) is 10.1 Å². The van der Waals surface area contributed by atoms with E-state index in [9.17, 15) is 10.1 Å². The zero-order chi connectivity index (χ0) is 14.4. The third-order valence-corrected chi connectivity index (χ3v) is 3.36. The van der Waals surface area contributed by atoms with Gasteiger partial charge in [0.2, 0.25) is 0 Å². The van der Waals surface area contributed by atoms with E-state index in [1.165, 1.54) is 17.7 Å². The Hall–Kier alpha value is -1.91. The zero-order valence-corrected chi connectivity index (χ0v) is 11.6. The van der Waals surface area contributed by atoms with Crippen molar-refractivity contribution in [2.24, 2.45) is 0 Å². The molecule has 0 saturated heterocycles. The van der Waals surface area contributed by atoms with Crippen molar-refractivity contribution in [3.8, 4) is 0 Å². The molecular formula is C15H15ClN2O2. The molecule has 2 aromatic rings. The first-order valence-corrected chi connectivity index (χ1v) is 6.72. The first-order chi connectivity index (χ1) is 9.66. The summed E-state index contributed by atoms with van der Waals surface area (Å²) in [5.74, 6) is 0. The second kappa shape index (κ2) is 7.03. The standard InChI is InChI=1S/C15H15ClN2O2/c16-15-7-6-14(18(19)20)10-13(15)11-17-9-8-12-4-2-1-3-5-12/h1-7,10,17H,8-9,11H2. The molecule has 0 bridgehead atoms. The number of nitrogens with one attached hydrogen (secondary N) is 1. The minimum Gasteiger partial charge on any atom is -0.312 e. The van der Waals surface area contributed by atoms with Gasteiger partial charge in [-0.2, -0.15) is 0 Å². The molecule has 104 valence electrons. The number of hydrogen-bond donors (Lipinski definition) is 1. The Morgan fingerprint density at radius 3 is 2.60 bits per heavy atom. The molecule has 0 aliphatic heterocycles. The number of nitrogens with zero attached hydrogens (tertiary/aromatic N) is 1. The average Bonchev–Trinajstić information content (AvgIpc) is 2.46. The quantitative estimate of drug-likeness (QED) is 0.502. The highest BCUT2D eigenvalue weighted by molar-refractivity contribution is 6.31. The summed E-state index contributed by atoms with van der Waals surface area (Å²) in [5.41, 5.74) is 2.06. The summed E-state index contributed by atoms with van der Waals surface area (Å²) in [7, 11) is 0. The maximum absolute atomic E-state index is 10.7. The SMILES string of the molecule is O=[N+]([O-])c1ccc(Cl)c(CNCCc2ccccc2)c1. The van der Waals surface area contributed by atoms with E-state index in [1.54, 1.807) is 6.07 Å². The molecule has 0 atom stereocenters. The summed E-state index contributed by atoms with van der Waals surface area (Å²) in [6, 6.07) is 14.6. The predicted octanol–water partition coefficient (Wildman–Crippen LogP) is 3.58. The molecule has 2 rings (SSSR count). The summed E-state index contributed by atoms with van der Waals surface area (Å²) in [6.07, 6.45) is 0.910. The van der Waals surface area contributed by atoms with Crippen LogP contribution in [0.1, 0.15) is 11.1 Å². The van der Waals surface area contributed by atoms with Crippen LogP contribution in [0.2, 0.25) is 5.02 Å². The minimum absolute atomic E-state index is 0.0641. The molecule has 0 saturated carbocycles. The van der Waals surface area contributed by atoms with Crippen molar-refractivity contribution in [1.29, 1.82) is 0 Å². The molecule has 0 aromatic heterocycles. The Kier molecular flexibility index (Phi) is 5.09. The first kappa shape index (κ1) is 14.5. The molecule has 0 heterocycles. The predicted molar refractivity (Wildman–Crippen MR) is 80.0 cm³/mol. The van der Waals surface area contributed by atoms with Crippen LogP contribution >= 0.6 is 11.6 Å². The van der Waals surface area contributed by atoms with Gasteiger partial charge >= 0.3 is 0 Å². The molecule has 1 N–H and O–H groups in total. The molecule has 0 amide bonds. The molecule has 20 heavy (non-hydrogen) atoms. The highest BCUT2D eigenvalue weighted by atomic mass is 35.5. The van der Waals surface area contributed by atoms with Crippen LogP contribution in [0.15, 0.2) is 48.5 Å². The minimum atomic E-state index is -0.413. The van der Waals surface area contributed by atoms with E-state index in [4.69, 9.17) is 11.6 Å². The Labute approximate surface area is 122 Å². The van der Waals surface area contributed by atoms with Crippen molar-refractivity contribution >= 4 is 17.3 Å². The highest BCUT2D eigenvalue weighted by Gasteiger charge is 2.09. The van der Waals surface area contributed by atoms with Gasteiger partial charge in [0.05, 0.1) is 4.92 Å². The number of hydrogen-bond acceptors (Lipinski definition) is 3. The van der Waals surface area contributed by atoms with E-state index < -0.39 is 4.92 Å². The van der Waals surface area contributed by atoms with Gasteiger partial charge in [0.1, 0.15) is 0 Å². The third kappa shape index (κ3) is 4.05. The number of non-ortho nitro benzene ring substituents is 1. The van der Waals surface area contributed by atoms with Gasteiger partial charge in [0.15, 0.2) is 0 Å². The van der Waals surface area contributed by atoms with Crippen molar-refractivity contribution < 1.29 is 4.92 Å². The average molecular weight is 291 g/mol. The van der Waals surface area contributed by atoms with Crippen LogP contribution in [0.5, 0.6) is 0 Å². The third-order valence-electron chi connectivity index (χ3n) is 2.99. The summed E-state index contributed by atoms with van der Waals surface area (Å²) in [6.45, 7) is 1.32. The number of benzene rings is 2. The lowest BCUT2D eigenvalue weighted by atomic mass is 10.1.